The van der Waals surface area contributed by atoms with Crippen molar-refractivity contribution in [2.24, 2.45) is 20.0 Å². The van der Waals surface area contributed by atoms with E-state index in [2.05, 4.69) is 90.0 Å². The Balaban J connectivity index is 0.000000118. The maximum absolute atomic E-state index is 14.0. The Bertz CT molecular complexity index is 7400. The zero-order chi connectivity index (χ0) is 96.9. The molecule has 5 N–H and O–H groups in total. The average Bonchev–Trinajstić information content (AvgIpc) is 1.54. The molecule has 2 saturated heterocycles. The summed E-state index contributed by atoms with van der Waals surface area (Å²) in [5.74, 6) is -4.88. The zero-order valence-corrected chi connectivity index (χ0v) is 77.1. The van der Waals surface area contributed by atoms with Crippen molar-refractivity contribution in [3.05, 3.63) is 355 Å². The molecule has 22 rings (SSSR count). The highest BCUT2D eigenvalue weighted by Gasteiger charge is 2.47. The lowest BCUT2D eigenvalue weighted by atomic mass is 9.75. The van der Waals surface area contributed by atoms with E-state index in [1.165, 1.54) is 61.2 Å². The van der Waals surface area contributed by atoms with Gasteiger partial charge in [0.15, 0.2) is 0 Å². The van der Waals surface area contributed by atoms with Gasteiger partial charge in [0.2, 0.25) is 0 Å². The molecule has 2 unspecified atom stereocenters. The van der Waals surface area contributed by atoms with Gasteiger partial charge < -0.3 is 67.5 Å². The summed E-state index contributed by atoms with van der Waals surface area (Å²) < 4.78 is 92.5. The number of aromatic nitrogens is 4. The van der Waals surface area contributed by atoms with E-state index in [9.17, 15) is 62.3 Å². The standard InChI is InChI=1S/C30H27FN2O4.C28H23FN2O4.C28H25FN2O4.C27H23FN2O2/c1-36-18-30(10-12-37-13-11-30)28-27(19-2-4-20(5-3-19)29(34)35)25-14-21-16-32-17-22(21)15-26(25)33(28)24-8-6-23(31)7-9-24;1-34-14-28(15-35-16-28)26-25(17-2-4-18(5-3-17)27(32)33)23-10-19-12-30-13-20(19)11-24(23)31(26)22-8-6-21(29)7-9-22;1-3-28(34,16-35-2)26-25(17-4-6-18(7-5-17)27(32)33)23-12-19-14-30-15-20(19)13-24(23)31(26)22-10-8-21(29)9-11-22;1-3-16(2)26-25(17-4-6-18(7-5-17)27(31)32)23-12-19-14-29-15-20(19)13-24(23)30(26)22-10-8-21(28)9-11-22/h2-9,14-15,17H,10-13,16,18H2,1H3,(H,34,35);2-11,13H,12,14-16H2,1H3,(H,32,33);4-13,15,34H,3,14,16H2,1-2H3,(H,32,33);4-13,15-16H,3,14H2,1-2H3,(H,31,32). The Morgan fingerprint density at radius 2 is 0.691 bits per heavy atom. The Hall–Kier alpha value is -15.2. The molecule has 2 fully saturated rings. The second-order valence-electron chi connectivity index (χ2n) is 36.0. The molecule has 0 saturated carbocycles. The number of aliphatic hydroxyl groups is 1. The van der Waals surface area contributed by atoms with Gasteiger partial charge in [0.1, 0.15) is 28.9 Å². The molecular weight excluding hydrogens is 1770 g/mol. The minimum absolute atomic E-state index is 0.0440. The van der Waals surface area contributed by atoms with Crippen LogP contribution in [0.2, 0.25) is 0 Å². The molecule has 0 spiro atoms. The van der Waals surface area contributed by atoms with Crippen molar-refractivity contribution in [3.63, 3.8) is 0 Å². The number of carboxylic acid groups (broad SMARTS) is 4. The van der Waals surface area contributed by atoms with Gasteiger partial charge in [-0.15, -0.1) is 0 Å². The van der Waals surface area contributed by atoms with E-state index in [0.717, 1.165) is 180 Å². The maximum atomic E-state index is 14.0. The average molecular weight is 1870 g/mol. The highest BCUT2D eigenvalue weighted by atomic mass is 19.1. The first-order chi connectivity index (χ1) is 67.3. The van der Waals surface area contributed by atoms with Crippen molar-refractivity contribution < 1.29 is 86.0 Å². The van der Waals surface area contributed by atoms with Gasteiger partial charge in [-0.2, -0.15) is 0 Å². The molecule has 2 atom stereocenters. The number of benzene rings is 12. The topological polar surface area (TPSA) is 285 Å². The minimum atomic E-state index is -1.37. The number of ether oxygens (including phenoxy) is 5. The normalized spacial score (nSPS) is 15.0. The molecule has 10 heterocycles. The van der Waals surface area contributed by atoms with Gasteiger partial charge in [0, 0.05) is 148 Å². The van der Waals surface area contributed by atoms with Gasteiger partial charge in [-0.05, 0) is 292 Å². The van der Waals surface area contributed by atoms with Crippen molar-refractivity contribution >= 4 is 92.3 Å². The van der Waals surface area contributed by atoms with Gasteiger partial charge in [0.25, 0.3) is 0 Å². The lowest BCUT2D eigenvalue weighted by Gasteiger charge is -2.42. The highest BCUT2D eigenvalue weighted by Crippen LogP contribution is 2.53. The van der Waals surface area contributed by atoms with Crippen LogP contribution >= 0.6 is 0 Å². The fourth-order valence-electron chi connectivity index (χ4n) is 20.4. The summed E-state index contributed by atoms with van der Waals surface area (Å²) in [7, 11) is 4.93. The molecular formula is C113H98F4N8O14. The fraction of sp³-hybridized carbons (Fsp3) is 0.221. The van der Waals surface area contributed by atoms with Gasteiger partial charge in [-0.3, -0.25) is 20.0 Å². The second-order valence-corrected chi connectivity index (χ2v) is 36.0. The molecule has 16 aromatic rings. The number of nitrogens with zero attached hydrogens (tertiary/aromatic N) is 8. The quantitative estimate of drug-likeness (QED) is 0.0352. The van der Waals surface area contributed by atoms with Gasteiger partial charge in [0.05, 0.1) is 115 Å². The van der Waals surface area contributed by atoms with E-state index in [0.29, 0.717) is 83.6 Å². The van der Waals surface area contributed by atoms with Crippen LogP contribution < -0.4 is 0 Å². The minimum Gasteiger partial charge on any atom is -0.478 e. The van der Waals surface area contributed by atoms with Crippen LogP contribution in [0.15, 0.2) is 263 Å². The molecule has 22 nitrogen and oxygen atoms in total. The summed E-state index contributed by atoms with van der Waals surface area (Å²) in [4.78, 5) is 63.6. The highest BCUT2D eigenvalue weighted by molar-refractivity contribution is 6.09. The molecule has 26 heteroatoms. The first-order valence-electron chi connectivity index (χ1n) is 45.9. The number of halogens is 4. The molecule has 4 aromatic heterocycles. The van der Waals surface area contributed by atoms with E-state index < -0.39 is 34.9 Å². The number of carboxylic acids is 4. The molecule has 0 bridgehead atoms. The van der Waals surface area contributed by atoms with Crippen molar-refractivity contribution in [2.45, 2.75) is 95.0 Å². The molecule has 6 aliphatic heterocycles. The van der Waals surface area contributed by atoms with Crippen LogP contribution in [-0.2, 0) is 66.3 Å². The largest absolute Gasteiger partial charge is 0.478 e. The number of aromatic carboxylic acids is 4. The lowest BCUT2D eigenvalue weighted by Crippen LogP contribution is -2.51. The van der Waals surface area contributed by atoms with E-state index in [4.69, 9.17) is 23.7 Å². The van der Waals surface area contributed by atoms with Crippen LogP contribution in [0.4, 0.5) is 17.6 Å². The maximum Gasteiger partial charge on any atom is 0.335 e. The first kappa shape index (κ1) is 92.9. The lowest BCUT2D eigenvalue weighted by molar-refractivity contribution is -0.0938. The summed E-state index contributed by atoms with van der Waals surface area (Å²) in [6.45, 7) is 11.9. The van der Waals surface area contributed by atoms with Crippen molar-refractivity contribution in [2.75, 3.05) is 67.6 Å². The third-order valence-electron chi connectivity index (χ3n) is 27.5. The van der Waals surface area contributed by atoms with Crippen LogP contribution in [0.3, 0.4) is 0 Å². The summed E-state index contributed by atoms with van der Waals surface area (Å²) in [5, 5.41) is 53.6. The number of fused-ring (bicyclic) bond motifs is 8. The van der Waals surface area contributed by atoms with Crippen LogP contribution in [0.25, 0.3) is 111 Å². The SMILES string of the molecule is CCC(C)c1c(-c2ccc(C(=O)O)cc2)c2cc3c(cc2n1-c1ccc(F)cc1)C=NC3.CCC(O)(COC)c1c(-c2ccc(C(=O)O)cc2)c2cc3c(cc2n1-c1ccc(F)cc1)C=NC3.COCC1(c2c(-c3ccc(C(=O)O)cc3)c3cc4c(cc3n2-c2ccc(F)cc2)C=NC4)CCOCC1.COCC1(c2c(-c3ccc(C(=O)O)cc3)c3cc4c(cc3n2-c2ccc(F)cc2)C=NC4)COC1. The van der Waals surface area contributed by atoms with Gasteiger partial charge in [-0.25, -0.2) is 36.7 Å². The van der Waals surface area contributed by atoms with Crippen LogP contribution in [0, 0.1) is 23.3 Å². The van der Waals surface area contributed by atoms with Crippen molar-refractivity contribution in [1.82, 2.24) is 18.3 Å². The Morgan fingerprint density at radius 3 is 1.01 bits per heavy atom. The zero-order valence-electron chi connectivity index (χ0n) is 77.1. The summed E-state index contributed by atoms with van der Waals surface area (Å²) in [6, 6.07) is 70.5. The predicted molar refractivity (Wildman–Crippen MR) is 530 cm³/mol. The van der Waals surface area contributed by atoms with Crippen LogP contribution in [-0.4, -0.2) is 160 Å². The predicted octanol–water partition coefficient (Wildman–Crippen LogP) is 22.6. The molecule has 0 radical (unpaired) electrons. The monoisotopic (exact) mass is 1870 g/mol. The van der Waals surface area contributed by atoms with E-state index in [-0.39, 0.29) is 63.5 Å². The molecule has 0 aliphatic carbocycles. The number of hydrogen-bond acceptors (Lipinski definition) is 14. The number of methoxy groups -OCH3 is 3. The number of hydrogen-bond donors (Lipinski definition) is 5. The molecule has 139 heavy (non-hydrogen) atoms. The van der Waals surface area contributed by atoms with Crippen LogP contribution in [0.1, 0.15) is 161 Å². The Morgan fingerprint density at radius 1 is 0.388 bits per heavy atom. The summed E-state index contributed by atoms with van der Waals surface area (Å²) in [6.07, 6.45) is 10.3. The summed E-state index contributed by atoms with van der Waals surface area (Å²) >= 11 is 0. The van der Waals surface area contributed by atoms with E-state index in [1.54, 1.807) is 123 Å². The Kier molecular flexibility index (Phi) is 25.7. The van der Waals surface area contributed by atoms with Crippen molar-refractivity contribution in [1.29, 1.82) is 0 Å². The molecule has 0 amide bonds. The number of rotatable bonds is 24. The summed E-state index contributed by atoms with van der Waals surface area (Å²) in [5.41, 5.74) is 25.9. The van der Waals surface area contributed by atoms with Crippen molar-refractivity contribution in [3.8, 4) is 67.3 Å². The molecule has 702 valence electrons. The number of aliphatic imine (C=N–C) groups is 4. The molecule has 6 aliphatic rings. The third-order valence-corrected chi connectivity index (χ3v) is 27.5. The van der Waals surface area contributed by atoms with Gasteiger partial charge >= 0.3 is 23.9 Å². The fourth-order valence-corrected chi connectivity index (χ4v) is 20.4. The second kappa shape index (κ2) is 38.4. The first-order valence-corrected chi connectivity index (χ1v) is 45.9. The molecule has 12 aromatic carbocycles. The van der Waals surface area contributed by atoms with Crippen LogP contribution in [0.5, 0.6) is 0 Å². The van der Waals surface area contributed by atoms with E-state index in [1.807, 2.05) is 78.8 Å². The number of carbonyl (C=O) groups is 4. The smallest absolute Gasteiger partial charge is 0.335 e. The Labute approximate surface area is 797 Å². The van der Waals surface area contributed by atoms with Gasteiger partial charge in [-0.1, -0.05) is 69.3 Å². The third kappa shape index (κ3) is 17.3. The van der Waals surface area contributed by atoms with E-state index >= 15 is 0 Å².